The van der Waals surface area contributed by atoms with Crippen molar-refractivity contribution >= 4 is 40.1 Å². The average Bonchev–Trinajstić information content (AvgIpc) is 3.36. The van der Waals surface area contributed by atoms with Gasteiger partial charge in [0.25, 0.3) is 5.56 Å². The molecule has 1 aliphatic heterocycles. The number of nitrogens with one attached hydrogen (secondary N) is 3. The largest absolute Gasteiger partial charge is 0.423 e. The van der Waals surface area contributed by atoms with E-state index in [1.807, 2.05) is 25.2 Å². The number of hydrogen-bond acceptors (Lipinski definition) is 7. The summed E-state index contributed by atoms with van der Waals surface area (Å²) in [6.45, 7) is 4.34. The third-order valence-corrected chi connectivity index (χ3v) is 6.96. The molecule has 5 rings (SSSR count). The van der Waals surface area contributed by atoms with E-state index < -0.39 is 12.2 Å². The summed E-state index contributed by atoms with van der Waals surface area (Å²) < 4.78 is 4.65. The van der Waals surface area contributed by atoms with Gasteiger partial charge in [-0.3, -0.25) is 4.79 Å². The minimum Gasteiger partial charge on any atom is -0.387 e. The number of benzene rings is 2. The molecule has 0 aliphatic carbocycles. The van der Waals surface area contributed by atoms with Crippen molar-refractivity contribution < 1.29 is 14.6 Å². The SMILES string of the molecule is C#COC(=O)N1CCN(c2cc(C)c3nc(-c4c(NCC(O)c5cccc(Cl)c5)cc[nH]c4=O)[nH]c3c2)CC1. The van der Waals surface area contributed by atoms with Gasteiger partial charge < -0.3 is 34.9 Å². The molecule has 0 spiro atoms. The van der Waals surface area contributed by atoms with Gasteiger partial charge in [0.05, 0.1) is 22.8 Å². The first kappa shape index (κ1) is 26.2. The molecule has 1 saturated heterocycles. The van der Waals surface area contributed by atoms with Gasteiger partial charge in [0.15, 0.2) is 0 Å². The van der Waals surface area contributed by atoms with E-state index >= 15 is 0 Å². The number of carbonyl (C=O) groups excluding carboxylic acids is 1. The van der Waals surface area contributed by atoms with Crippen LogP contribution >= 0.6 is 11.6 Å². The number of H-pyrrole nitrogens is 2. The molecule has 3 heterocycles. The van der Waals surface area contributed by atoms with Crippen LogP contribution in [0.15, 0.2) is 53.5 Å². The van der Waals surface area contributed by atoms with E-state index in [-0.39, 0.29) is 12.1 Å². The number of pyridine rings is 1. The standard InChI is InChI=1S/C28H27ClN6O4/c1-3-39-28(38)35-11-9-34(10-12-35)20-13-17(2)25-22(15-20)32-26(33-25)24-21(7-8-30-27(24)37)31-16-23(36)18-5-4-6-19(29)14-18/h1,4-8,13-15,23,36H,9-12,16H2,2H3,(H,32,33)(H2,30,31,37). The molecule has 0 saturated carbocycles. The van der Waals surface area contributed by atoms with E-state index in [9.17, 15) is 14.7 Å². The highest BCUT2D eigenvalue weighted by Gasteiger charge is 2.23. The number of hydrogen-bond donors (Lipinski definition) is 4. The Hall–Kier alpha value is -4.46. The zero-order valence-corrected chi connectivity index (χ0v) is 22.0. The highest BCUT2D eigenvalue weighted by atomic mass is 35.5. The lowest BCUT2D eigenvalue weighted by Crippen LogP contribution is -2.48. The maximum Gasteiger partial charge on any atom is 0.423 e. The zero-order valence-electron chi connectivity index (χ0n) is 21.2. The van der Waals surface area contributed by atoms with E-state index in [2.05, 4.69) is 24.9 Å². The Morgan fingerprint density at radius 2 is 2.05 bits per heavy atom. The number of aryl methyl sites for hydroxylation is 1. The molecule has 200 valence electrons. The number of aromatic amines is 2. The molecule has 4 aromatic rings. The summed E-state index contributed by atoms with van der Waals surface area (Å²) in [5.74, 6) is 0.411. The summed E-state index contributed by atoms with van der Waals surface area (Å²) in [5.41, 5.74) is 4.68. The second kappa shape index (κ2) is 11.1. The number of ether oxygens (including phenoxy) is 1. The number of aromatic nitrogens is 3. The quantitative estimate of drug-likeness (QED) is 0.270. The molecule has 39 heavy (non-hydrogen) atoms. The fraction of sp³-hybridized carbons (Fsp3) is 0.250. The summed E-state index contributed by atoms with van der Waals surface area (Å²) in [5, 5.41) is 14.4. The van der Waals surface area contributed by atoms with Gasteiger partial charge in [-0.05, 0) is 48.4 Å². The van der Waals surface area contributed by atoms with Crippen molar-refractivity contribution in [1.82, 2.24) is 19.9 Å². The molecule has 10 nitrogen and oxygen atoms in total. The number of aliphatic hydroxyl groups excluding tert-OH is 1. The van der Waals surface area contributed by atoms with Crippen molar-refractivity contribution in [1.29, 1.82) is 0 Å². The molecule has 0 bridgehead atoms. The van der Waals surface area contributed by atoms with E-state index in [4.69, 9.17) is 23.0 Å². The molecule has 4 N–H and O–H groups in total. The van der Waals surface area contributed by atoms with Gasteiger partial charge >= 0.3 is 6.09 Å². The third-order valence-electron chi connectivity index (χ3n) is 6.73. The molecule has 1 fully saturated rings. The van der Waals surface area contributed by atoms with Crippen molar-refractivity contribution in [3.05, 3.63) is 75.2 Å². The van der Waals surface area contributed by atoms with Crippen molar-refractivity contribution in [3.63, 3.8) is 0 Å². The fourth-order valence-corrected chi connectivity index (χ4v) is 4.93. The number of halogens is 1. The summed E-state index contributed by atoms with van der Waals surface area (Å²) in [6.07, 6.45) is 7.19. The topological polar surface area (TPSA) is 127 Å². The molecular formula is C28H27ClN6O4. The predicted octanol–water partition coefficient (Wildman–Crippen LogP) is 3.87. The van der Waals surface area contributed by atoms with E-state index in [0.29, 0.717) is 53.8 Å². The summed E-state index contributed by atoms with van der Waals surface area (Å²) in [6, 6.07) is 12.8. The number of rotatable bonds is 6. The second-order valence-electron chi connectivity index (χ2n) is 9.25. The number of carbonyl (C=O) groups is 1. The van der Waals surface area contributed by atoms with Gasteiger partial charge in [-0.15, -0.1) is 0 Å². The van der Waals surface area contributed by atoms with Crippen molar-refractivity contribution in [2.24, 2.45) is 0 Å². The molecule has 1 amide bonds. The van der Waals surface area contributed by atoms with Crippen LogP contribution in [0.25, 0.3) is 22.4 Å². The van der Waals surface area contributed by atoms with Crippen LogP contribution in [-0.2, 0) is 4.74 Å². The summed E-state index contributed by atoms with van der Waals surface area (Å²) in [4.78, 5) is 39.3. The van der Waals surface area contributed by atoms with Crippen molar-refractivity contribution in [2.45, 2.75) is 13.0 Å². The molecule has 1 aliphatic rings. The first-order valence-corrected chi connectivity index (χ1v) is 12.8. The van der Waals surface area contributed by atoms with E-state index in [1.54, 1.807) is 41.4 Å². The van der Waals surface area contributed by atoms with Crippen LogP contribution < -0.4 is 15.8 Å². The lowest BCUT2D eigenvalue weighted by Gasteiger charge is -2.35. The number of amides is 1. The Bertz CT molecular complexity index is 1620. The smallest absolute Gasteiger partial charge is 0.387 e. The highest BCUT2D eigenvalue weighted by Crippen LogP contribution is 2.30. The number of terminal acetylenes is 1. The zero-order chi connectivity index (χ0) is 27.5. The third kappa shape index (κ3) is 5.55. The van der Waals surface area contributed by atoms with Crippen LogP contribution in [0, 0.1) is 19.5 Å². The van der Waals surface area contributed by atoms with Crippen LogP contribution in [0.5, 0.6) is 0 Å². The van der Waals surface area contributed by atoms with Crippen LogP contribution in [0.3, 0.4) is 0 Å². The maximum absolute atomic E-state index is 12.9. The first-order valence-electron chi connectivity index (χ1n) is 12.4. The fourth-order valence-electron chi connectivity index (χ4n) is 4.73. The number of piperazine rings is 1. The number of fused-ring (bicyclic) bond motifs is 1. The van der Waals surface area contributed by atoms with Gasteiger partial charge in [-0.1, -0.05) is 30.2 Å². The van der Waals surface area contributed by atoms with Crippen molar-refractivity contribution in [2.75, 3.05) is 42.9 Å². The molecule has 0 radical (unpaired) electrons. The monoisotopic (exact) mass is 546 g/mol. The van der Waals surface area contributed by atoms with E-state index in [0.717, 1.165) is 22.3 Å². The number of anilines is 2. The molecule has 2 aromatic carbocycles. The maximum atomic E-state index is 12.9. The minimum atomic E-state index is -0.829. The lowest BCUT2D eigenvalue weighted by molar-refractivity contribution is 0.140. The Labute approximate surface area is 229 Å². The van der Waals surface area contributed by atoms with Gasteiger partial charge in [0.1, 0.15) is 17.5 Å². The predicted molar refractivity (Wildman–Crippen MR) is 151 cm³/mol. The molecular weight excluding hydrogens is 520 g/mol. The lowest BCUT2D eigenvalue weighted by atomic mass is 10.1. The van der Waals surface area contributed by atoms with Gasteiger partial charge in [-0.25, -0.2) is 9.78 Å². The van der Waals surface area contributed by atoms with Gasteiger partial charge in [0, 0.05) is 49.6 Å². The Kier molecular flexibility index (Phi) is 7.45. The normalized spacial score (nSPS) is 14.2. The van der Waals surface area contributed by atoms with E-state index in [1.165, 1.54) is 0 Å². The van der Waals surface area contributed by atoms with Gasteiger partial charge in [0.2, 0.25) is 0 Å². The number of aliphatic hydroxyl groups is 1. The van der Waals surface area contributed by atoms with Crippen molar-refractivity contribution in [3.8, 4) is 23.9 Å². The van der Waals surface area contributed by atoms with Crippen LogP contribution in [0.2, 0.25) is 5.02 Å². The number of imidazole rings is 1. The molecule has 2 aromatic heterocycles. The first-order chi connectivity index (χ1) is 18.8. The second-order valence-corrected chi connectivity index (χ2v) is 9.69. The summed E-state index contributed by atoms with van der Waals surface area (Å²) in [7, 11) is 0. The molecule has 1 unspecified atom stereocenters. The number of nitrogens with zero attached hydrogens (tertiary/aromatic N) is 3. The van der Waals surface area contributed by atoms with Gasteiger partial charge in [-0.2, -0.15) is 0 Å². The van der Waals surface area contributed by atoms with Crippen LogP contribution in [-0.4, -0.2) is 63.8 Å². The highest BCUT2D eigenvalue weighted by molar-refractivity contribution is 6.30. The minimum absolute atomic E-state index is 0.168. The Balaban J connectivity index is 1.38. The summed E-state index contributed by atoms with van der Waals surface area (Å²) >= 11 is 6.06. The van der Waals surface area contributed by atoms with Crippen LogP contribution in [0.1, 0.15) is 17.2 Å². The Morgan fingerprint density at radius 1 is 1.26 bits per heavy atom. The van der Waals surface area contributed by atoms with Crippen LogP contribution in [0.4, 0.5) is 16.2 Å². The average molecular weight is 547 g/mol. The molecule has 11 heteroatoms. The molecule has 1 atom stereocenters. The Morgan fingerprint density at radius 3 is 2.79 bits per heavy atom.